The van der Waals surface area contributed by atoms with Crippen LogP contribution in [0.5, 0.6) is 5.75 Å². The van der Waals surface area contributed by atoms with E-state index >= 15 is 0 Å². The number of aromatic nitrogens is 4. The van der Waals surface area contributed by atoms with E-state index in [0.717, 1.165) is 5.56 Å². The molecular weight excluding hydrogens is 546 g/mol. The maximum Gasteiger partial charge on any atom is 0.255 e. The number of fused-ring (bicyclic) bond motifs is 1. The molecule has 4 aromatic rings. The molecule has 0 aliphatic carbocycles. The molecule has 0 fully saturated rings. The van der Waals surface area contributed by atoms with Crippen LogP contribution in [-0.4, -0.2) is 61.5 Å². The zero-order chi connectivity index (χ0) is 29.1. The molecule has 3 N–H and O–H groups in total. The molecule has 41 heavy (non-hydrogen) atoms. The molecule has 0 saturated carbocycles. The second-order valence-corrected chi connectivity index (χ2v) is 9.91. The van der Waals surface area contributed by atoms with Gasteiger partial charge in [0.2, 0.25) is 11.9 Å². The summed E-state index contributed by atoms with van der Waals surface area (Å²) in [4.78, 5) is 45.3. The van der Waals surface area contributed by atoms with E-state index in [1.807, 2.05) is 12.1 Å². The second-order valence-electron chi connectivity index (χ2n) is 9.51. The number of hydrogen-bond donors (Lipinski definition) is 3. The standard InChI is InChI=1S/C29H28ClN7O4/c1-16(27(39)34-24(15-38)18-5-4-6-21(11-18)41-3)37-14-20-8-7-19(12-22(20)28(37)40)26-23(30)13-32-29(36-26)35-25-9-10-31-17(2)33-25/h4-13,16,24,38H,14-15H2,1-3H3,(H,34,39)(H,31,32,33,35,36). The Hall–Kier alpha value is -4.61. The molecule has 0 saturated heterocycles. The van der Waals surface area contributed by atoms with Crippen molar-refractivity contribution in [2.24, 2.45) is 0 Å². The molecule has 2 unspecified atom stereocenters. The minimum atomic E-state index is -0.784. The first kappa shape index (κ1) is 27.9. The number of nitrogens with zero attached hydrogens (tertiary/aromatic N) is 5. The summed E-state index contributed by atoms with van der Waals surface area (Å²) in [5.41, 5.74) is 3.01. The summed E-state index contributed by atoms with van der Waals surface area (Å²) in [5.74, 6) is 1.36. The summed E-state index contributed by atoms with van der Waals surface area (Å²) in [5, 5.41) is 16.1. The van der Waals surface area contributed by atoms with Crippen molar-refractivity contribution in [3.05, 3.63) is 88.5 Å². The van der Waals surface area contributed by atoms with E-state index < -0.39 is 12.1 Å². The van der Waals surface area contributed by atoms with Crippen LogP contribution in [0.15, 0.2) is 60.9 Å². The van der Waals surface area contributed by atoms with Crippen LogP contribution in [0.4, 0.5) is 11.8 Å². The van der Waals surface area contributed by atoms with Gasteiger partial charge < -0.3 is 25.4 Å². The number of aryl methyl sites for hydroxylation is 1. The van der Waals surface area contributed by atoms with Gasteiger partial charge in [-0.15, -0.1) is 0 Å². The third-order valence-electron chi connectivity index (χ3n) is 6.82. The molecule has 1 aliphatic heterocycles. The Kier molecular flexibility index (Phi) is 8.09. The van der Waals surface area contributed by atoms with E-state index in [1.54, 1.807) is 63.6 Å². The van der Waals surface area contributed by atoms with Crippen LogP contribution >= 0.6 is 11.6 Å². The molecule has 2 amide bonds. The predicted octanol–water partition coefficient (Wildman–Crippen LogP) is 3.84. The molecule has 11 nitrogen and oxygen atoms in total. The number of anilines is 2. The van der Waals surface area contributed by atoms with Crippen molar-refractivity contribution in [2.75, 3.05) is 19.0 Å². The lowest BCUT2D eigenvalue weighted by Gasteiger charge is -2.26. The van der Waals surface area contributed by atoms with Crippen molar-refractivity contribution in [1.29, 1.82) is 0 Å². The lowest BCUT2D eigenvalue weighted by Crippen LogP contribution is -2.46. The summed E-state index contributed by atoms with van der Waals surface area (Å²) >= 11 is 6.44. The Balaban J connectivity index is 1.33. The van der Waals surface area contributed by atoms with Crippen LogP contribution in [0, 0.1) is 6.92 Å². The number of amides is 2. The maximum absolute atomic E-state index is 13.4. The fraction of sp³-hybridized carbons (Fsp3) is 0.241. The Morgan fingerprint density at radius 1 is 1.17 bits per heavy atom. The zero-order valence-corrected chi connectivity index (χ0v) is 23.4. The topological polar surface area (TPSA) is 142 Å². The predicted molar refractivity (Wildman–Crippen MR) is 153 cm³/mol. The van der Waals surface area contributed by atoms with Gasteiger partial charge in [0.25, 0.3) is 5.91 Å². The summed E-state index contributed by atoms with van der Waals surface area (Å²) in [6, 6.07) is 12.8. The fourth-order valence-corrected chi connectivity index (χ4v) is 4.78. The highest BCUT2D eigenvalue weighted by molar-refractivity contribution is 6.33. The number of rotatable bonds is 9. The largest absolute Gasteiger partial charge is 0.497 e. The normalized spacial score (nSPS) is 13.9. The minimum Gasteiger partial charge on any atom is -0.497 e. The Labute approximate surface area is 241 Å². The molecule has 0 bridgehead atoms. The van der Waals surface area contributed by atoms with E-state index in [0.29, 0.717) is 44.8 Å². The number of nitrogens with one attached hydrogen (secondary N) is 2. The van der Waals surface area contributed by atoms with Gasteiger partial charge in [-0.3, -0.25) is 9.59 Å². The molecule has 210 valence electrons. The van der Waals surface area contributed by atoms with Gasteiger partial charge in [0.15, 0.2) is 0 Å². The smallest absolute Gasteiger partial charge is 0.255 e. The molecule has 12 heteroatoms. The third kappa shape index (κ3) is 5.96. The zero-order valence-electron chi connectivity index (χ0n) is 22.6. The summed E-state index contributed by atoms with van der Waals surface area (Å²) in [6.07, 6.45) is 3.11. The van der Waals surface area contributed by atoms with E-state index in [2.05, 4.69) is 30.6 Å². The van der Waals surface area contributed by atoms with Gasteiger partial charge in [-0.1, -0.05) is 35.9 Å². The Morgan fingerprint density at radius 2 is 2.00 bits per heavy atom. The van der Waals surface area contributed by atoms with Crippen LogP contribution < -0.4 is 15.4 Å². The molecule has 0 radical (unpaired) electrons. The van der Waals surface area contributed by atoms with Crippen LogP contribution in [0.25, 0.3) is 11.3 Å². The van der Waals surface area contributed by atoms with Crippen molar-refractivity contribution in [3.63, 3.8) is 0 Å². The van der Waals surface area contributed by atoms with Gasteiger partial charge in [0, 0.05) is 23.9 Å². The molecule has 2 atom stereocenters. The number of carbonyl (C=O) groups is 2. The first-order valence-corrected chi connectivity index (χ1v) is 13.2. The van der Waals surface area contributed by atoms with Crippen molar-refractivity contribution in [1.82, 2.24) is 30.2 Å². The van der Waals surface area contributed by atoms with Crippen molar-refractivity contribution in [3.8, 4) is 17.0 Å². The molecule has 2 aromatic heterocycles. The lowest BCUT2D eigenvalue weighted by molar-refractivity contribution is -0.126. The quantitative estimate of drug-likeness (QED) is 0.272. The van der Waals surface area contributed by atoms with Crippen LogP contribution in [0.1, 0.15) is 40.3 Å². The molecule has 3 heterocycles. The van der Waals surface area contributed by atoms with Crippen molar-refractivity contribution in [2.45, 2.75) is 32.5 Å². The van der Waals surface area contributed by atoms with Crippen LogP contribution in [-0.2, 0) is 11.3 Å². The second kappa shape index (κ2) is 11.9. The first-order chi connectivity index (χ1) is 19.8. The fourth-order valence-electron chi connectivity index (χ4n) is 4.58. The molecule has 1 aliphatic rings. The number of aliphatic hydroxyl groups excluding tert-OH is 1. The molecular formula is C29H28ClN7O4. The van der Waals surface area contributed by atoms with E-state index in [9.17, 15) is 14.7 Å². The van der Waals surface area contributed by atoms with Crippen molar-refractivity contribution < 1.29 is 19.4 Å². The lowest BCUT2D eigenvalue weighted by atomic mass is 10.0. The summed E-state index contributed by atoms with van der Waals surface area (Å²) < 4.78 is 5.25. The van der Waals surface area contributed by atoms with Gasteiger partial charge in [-0.2, -0.15) is 0 Å². The number of aliphatic hydroxyl groups is 1. The highest BCUT2D eigenvalue weighted by Gasteiger charge is 2.35. The van der Waals surface area contributed by atoms with Gasteiger partial charge in [-0.25, -0.2) is 19.9 Å². The molecule has 5 rings (SSSR count). The molecule has 2 aromatic carbocycles. The molecule has 0 spiro atoms. The minimum absolute atomic E-state index is 0.267. The number of hydrogen-bond acceptors (Lipinski definition) is 9. The Bertz CT molecular complexity index is 1620. The average molecular weight is 574 g/mol. The first-order valence-electron chi connectivity index (χ1n) is 12.9. The Morgan fingerprint density at radius 3 is 2.76 bits per heavy atom. The number of ether oxygens (including phenoxy) is 1. The summed E-state index contributed by atoms with van der Waals surface area (Å²) in [7, 11) is 1.55. The van der Waals surface area contributed by atoms with Gasteiger partial charge in [0.05, 0.1) is 36.7 Å². The number of halogens is 1. The van der Waals surface area contributed by atoms with Crippen LogP contribution in [0.2, 0.25) is 5.02 Å². The third-order valence-corrected chi connectivity index (χ3v) is 7.09. The van der Waals surface area contributed by atoms with Crippen LogP contribution in [0.3, 0.4) is 0 Å². The van der Waals surface area contributed by atoms with E-state index in [-0.39, 0.29) is 30.9 Å². The maximum atomic E-state index is 13.4. The van der Waals surface area contributed by atoms with Gasteiger partial charge >= 0.3 is 0 Å². The SMILES string of the molecule is COc1cccc(C(CO)NC(=O)C(C)N2Cc3ccc(-c4nc(Nc5ccnc(C)n5)ncc4Cl)cc3C2=O)c1. The summed E-state index contributed by atoms with van der Waals surface area (Å²) in [6.45, 7) is 3.40. The van der Waals surface area contributed by atoms with Crippen molar-refractivity contribution >= 4 is 35.2 Å². The monoisotopic (exact) mass is 573 g/mol. The number of methoxy groups -OCH3 is 1. The van der Waals surface area contributed by atoms with Gasteiger partial charge in [-0.05, 0) is 49.2 Å². The average Bonchev–Trinajstić information content (AvgIpc) is 3.31. The highest BCUT2D eigenvalue weighted by Crippen LogP contribution is 2.32. The van der Waals surface area contributed by atoms with Gasteiger partial charge in [0.1, 0.15) is 23.4 Å². The van der Waals surface area contributed by atoms with E-state index in [4.69, 9.17) is 16.3 Å². The number of carbonyl (C=O) groups excluding carboxylic acids is 2. The van der Waals surface area contributed by atoms with E-state index in [1.165, 1.54) is 11.1 Å². The number of benzene rings is 2. The highest BCUT2D eigenvalue weighted by atomic mass is 35.5.